The van der Waals surface area contributed by atoms with Crippen LogP contribution in [0.4, 0.5) is 0 Å². The molecular weight excluding hydrogens is 185 g/mol. The van der Waals surface area contributed by atoms with Gasteiger partial charge in [-0.05, 0) is 13.3 Å². The number of ether oxygens (including phenoxy) is 1. The summed E-state index contributed by atoms with van der Waals surface area (Å²) in [5.74, 6) is 0.430. The third-order valence-corrected chi connectivity index (χ3v) is 1.08. The standard InChI is InChI=1S/C7H15NO.2ClH/c1-3-5-6-7(8)9-4-2;;/h8H,3-6H2,1-2H3;2*1H. The van der Waals surface area contributed by atoms with E-state index in [9.17, 15) is 0 Å². The van der Waals surface area contributed by atoms with Crippen molar-refractivity contribution in [3.63, 3.8) is 0 Å². The van der Waals surface area contributed by atoms with E-state index in [1.54, 1.807) is 0 Å². The zero-order valence-electron chi connectivity index (χ0n) is 7.05. The lowest BCUT2D eigenvalue weighted by Gasteiger charge is -2.01. The van der Waals surface area contributed by atoms with Gasteiger partial charge in [-0.25, -0.2) is 0 Å². The Labute approximate surface area is 81.0 Å². The van der Waals surface area contributed by atoms with Crippen LogP contribution >= 0.6 is 24.8 Å². The molecule has 11 heavy (non-hydrogen) atoms. The van der Waals surface area contributed by atoms with Crippen molar-refractivity contribution in [2.45, 2.75) is 33.1 Å². The molecule has 0 heterocycles. The Hall–Kier alpha value is 0.0500. The van der Waals surface area contributed by atoms with Crippen molar-refractivity contribution in [2.75, 3.05) is 6.61 Å². The largest absolute Gasteiger partial charge is 0.481 e. The van der Waals surface area contributed by atoms with Crippen LogP contribution in [0.2, 0.25) is 0 Å². The zero-order chi connectivity index (χ0) is 7.11. The van der Waals surface area contributed by atoms with E-state index in [1.165, 1.54) is 0 Å². The van der Waals surface area contributed by atoms with Crippen molar-refractivity contribution in [3.8, 4) is 0 Å². The molecule has 0 aliphatic carbocycles. The maximum atomic E-state index is 7.17. The topological polar surface area (TPSA) is 33.1 Å². The molecule has 0 atom stereocenters. The first-order chi connectivity index (χ1) is 4.31. The predicted octanol–water partition coefficient (Wildman–Crippen LogP) is 3.03. The minimum Gasteiger partial charge on any atom is -0.481 e. The normalized spacial score (nSPS) is 7.45. The average molecular weight is 202 g/mol. The van der Waals surface area contributed by atoms with Crippen LogP contribution in [0, 0.1) is 5.41 Å². The summed E-state index contributed by atoms with van der Waals surface area (Å²) in [5.41, 5.74) is 0. The molecule has 4 heteroatoms. The van der Waals surface area contributed by atoms with Crippen LogP contribution in [0.5, 0.6) is 0 Å². The summed E-state index contributed by atoms with van der Waals surface area (Å²) >= 11 is 0. The Bertz CT molecular complexity index is 88.5. The highest BCUT2D eigenvalue weighted by molar-refractivity contribution is 5.85. The van der Waals surface area contributed by atoms with Gasteiger partial charge >= 0.3 is 0 Å². The van der Waals surface area contributed by atoms with Gasteiger partial charge in [-0.2, -0.15) is 0 Å². The highest BCUT2D eigenvalue weighted by atomic mass is 35.5. The molecule has 0 radical (unpaired) electrons. The molecule has 0 aromatic rings. The Morgan fingerprint density at radius 3 is 2.18 bits per heavy atom. The van der Waals surface area contributed by atoms with E-state index in [1.807, 2.05) is 6.92 Å². The zero-order valence-corrected chi connectivity index (χ0v) is 8.69. The van der Waals surface area contributed by atoms with Crippen molar-refractivity contribution >= 4 is 30.7 Å². The van der Waals surface area contributed by atoms with Crippen LogP contribution in [0.3, 0.4) is 0 Å². The number of hydrogen-bond acceptors (Lipinski definition) is 2. The molecule has 2 nitrogen and oxygen atoms in total. The van der Waals surface area contributed by atoms with Crippen LogP contribution in [-0.4, -0.2) is 12.5 Å². The lowest BCUT2D eigenvalue weighted by atomic mass is 10.2. The monoisotopic (exact) mass is 201 g/mol. The minimum absolute atomic E-state index is 0. The molecule has 0 saturated carbocycles. The SMILES string of the molecule is CCCCC(=N)OCC.Cl.Cl. The summed E-state index contributed by atoms with van der Waals surface area (Å²) < 4.78 is 4.93. The van der Waals surface area contributed by atoms with Crippen LogP contribution in [0.15, 0.2) is 0 Å². The fraction of sp³-hybridized carbons (Fsp3) is 0.857. The minimum atomic E-state index is 0. The van der Waals surface area contributed by atoms with Crippen molar-refractivity contribution in [1.82, 2.24) is 0 Å². The summed E-state index contributed by atoms with van der Waals surface area (Å²) in [6, 6.07) is 0. The second-order valence-corrected chi connectivity index (χ2v) is 1.96. The Balaban J connectivity index is -0.000000320. The molecule has 0 unspecified atom stereocenters. The fourth-order valence-electron chi connectivity index (χ4n) is 0.584. The molecule has 0 amide bonds. The van der Waals surface area contributed by atoms with Gasteiger partial charge < -0.3 is 4.74 Å². The molecule has 0 fully saturated rings. The highest BCUT2D eigenvalue weighted by Gasteiger charge is 1.92. The first-order valence-corrected chi connectivity index (χ1v) is 3.51. The third kappa shape index (κ3) is 13.1. The molecule has 0 saturated heterocycles. The number of unbranched alkanes of at least 4 members (excludes halogenated alkanes) is 1. The van der Waals surface area contributed by atoms with Crippen LogP contribution in [0.25, 0.3) is 0 Å². The number of nitrogens with one attached hydrogen (secondary N) is 1. The van der Waals surface area contributed by atoms with E-state index < -0.39 is 0 Å². The van der Waals surface area contributed by atoms with E-state index in [0.717, 1.165) is 19.3 Å². The second-order valence-electron chi connectivity index (χ2n) is 1.96. The summed E-state index contributed by atoms with van der Waals surface area (Å²) in [4.78, 5) is 0. The number of halogens is 2. The Morgan fingerprint density at radius 2 is 1.82 bits per heavy atom. The molecule has 0 bridgehead atoms. The van der Waals surface area contributed by atoms with Crippen molar-refractivity contribution in [1.29, 1.82) is 5.41 Å². The maximum Gasteiger partial charge on any atom is 0.180 e. The highest BCUT2D eigenvalue weighted by Crippen LogP contribution is 1.95. The summed E-state index contributed by atoms with van der Waals surface area (Å²) in [5, 5.41) is 7.17. The molecule has 0 rings (SSSR count). The number of rotatable bonds is 4. The second kappa shape index (κ2) is 12.7. The average Bonchev–Trinajstić information content (AvgIpc) is 1.85. The van der Waals surface area contributed by atoms with Gasteiger partial charge in [0.15, 0.2) is 5.90 Å². The van der Waals surface area contributed by atoms with Gasteiger partial charge in [0.05, 0.1) is 6.61 Å². The van der Waals surface area contributed by atoms with E-state index >= 15 is 0 Å². The van der Waals surface area contributed by atoms with Gasteiger partial charge in [-0.1, -0.05) is 13.3 Å². The summed E-state index contributed by atoms with van der Waals surface area (Å²) in [6.45, 7) is 4.64. The molecular formula is C7H17Cl2NO. The Morgan fingerprint density at radius 1 is 1.27 bits per heavy atom. The summed E-state index contributed by atoms with van der Waals surface area (Å²) in [6.07, 6.45) is 3.00. The van der Waals surface area contributed by atoms with E-state index in [0.29, 0.717) is 12.5 Å². The van der Waals surface area contributed by atoms with Crippen LogP contribution in [-0.2, 0) is 4.74 Å². The van der Waals surface area contributed by atoms with Crippen LogP contribution in [0.1, 0.15) is 33.1 Å². The predicted molar refractivity (Wildman–Crippen MR) is 53.4 cm³/mol. The molecule has 0 aliphatic heterocycles. The van der Waals surface area contributed by atoms with Crippen molar-refractivity contribution in [2.24, 2.45) is 0 Å². The molecule has 0 spiro atoms. The fourth-order valence-corrected chi connectivity index (χ4v) is 0.584. The third-order valence-electron chi connectivity index (χ3n) is 1.08. The molecule has 0 aromatic carbocycles. The van der Waals surface area contributed by atoms with Gasteiger partial charge in [0.1, 0.15) is 0 Å². The van der Waals surface area contributed by atoms with Gasteiger partial charge in [0, 0.05) is 6.42 Å². The molecule has 70 valence electrons. The maximum absolute atomic E-state index is 7.17. The van der Waals surface area contributed by atoms with E-state index in [-0.39, 0.29) is 24.8 Å². The summed E-state index contributed by atoms with van der Waals surface area (Å²) in [7, 11) is 0. The molecule has 1 N–H and O–H groups in total. The lowest BCUT2D eigenvalue weighted by molar-refractivity contribution is 0.313. The van der Waals surface area contributed by atoms with Gasteiger partial charge in [-0.3, -0.25) is 5.41 Å². The number of hydrogen-bond donors (Lipinski definition) is 1. The lowest BCUT2D eigenvalue weighted by Crippen LogP contribution is -2.01. The smallest absolute Gasteiger partial charge is 0.180 e. The first-order valence-electron chi connectivity index (χ1n) is 3.51. The van der Waals surface area contributed by atoms with Gasteiger partial charge in [-0.15, -0.1) is 24.8 Å². The molecule has 0 aromatic heterocycles. The Kier molecular flexibility index (Phi) is 19.9. The first kappa shape index (κ1) is 17.2. The quantitative estimate of drug-likeness (QED) is 0.551. The van der Waals surface area contributed by atoms with Crippen molar-refractivity contribution < 1.29 is 4.74 Å². The van der Waals surface area contributed by atoms with Gasteiger partial charge in [0.25, 0.3) is 0 Å². The van der Waals surface area contributed by atoms with E-state index in [4.69, 9.17) is 10.1 Å². The van der Waals surface area contributed by atoms with Gasteiger partial charge in [0.2, 0.25) is 0 Å². The van der Waals surface area contributed by atoms with Crippen molar-refractivity contribution in [3.05, 3.63) is 0 Å². The van der Waals surface area contributed by atoms with Crippen LogP contribution < -0.4 is 0 Å². The van der Waals surface area contributed by atoms with E-state index in [2.05, 4.69) is 6.92 Å². The molecule has 0 aliphatic rings.